The third-order valence-corrected chi connectivity index (χ3v) is 3.88. The van der Waals surface area contributed by atoms with Crippen LogP contribution in [-0.2, 0) is 16.0 Å². The molecular formula is C14H21BrN2O4. The summed E-state index contributed by atoms with van der Waals surface area (Å²) in [6, 6.07) is 5.40. The lowest BCUT2D eigenvalue weighted by Crippen LogP contribution is -2.38. The van der Waals surface area contributed by atoms with E-state index < -0.39 is 0 Å². The van der Waals surface area contributed by atoms with E-state index in [0.717, 1.165) is 12.1 Å². The molecule has 1 atom stereocenters. The van der Waals surface area contributed by atoms with Crippen molar-refractivity contribution in [2.24, 2.45) is 0 Å². The Kier molecular flexibility index (Phi) is 7.81. The summed E-state index contributed by atoms with van der Waals surface area (Å²) < 4.78 is 10.8. The highest BCUT2D eigenvalue weighted by Crippen LogP contribution is 2.26. The minimum absolute atomic E-state index is 0.0820. The molecule has 21 heavy (non-hydrogen) atoms. The zero-order valence-electron chi connectivity index (χ0n) is 12.5. The second kappa shape index (κ2) is 9.09. The number of nitro groups is 1. The average molecular weight is 361 g/mol. The summed E-state index contributed by atoms with van der Waals surface area (Å²) in [4.78, 5) is 12.8. The molecule has 1 aromatic rings. The lowest BCUT2D eigenvalue weighted by Gasteiger charge is -2.28. The summed E-state index contributed by atoms with van der Waals surface area (Å²) in [5.41, 5.74) is 0.975. The van der Waals surface area contributed by atoms with E-state index in [2.05, 4.69) is 27.8 Å². The summed E-state index contributed by atoms with van der Waals surface area (Å²) in [5.74, 6) is 0. The fourth-order valence-corrected chi connectivity index (χ4v) is 2.43. The van der Waals surface area contributed by atoms with Crippen LogP contribution in [0.5, 0.6) is 0 Å². The molecule has 7 heteroatoms. The van der Waals surface area contributed by atoms with Gasteiger partial charge in [0, 0.05) is 39.4 Å². The molecule has 0 fully saturated rings. The Balaban J connectivity index is 2.86. The fourth-order valence-electron chi connectivity index (χ4n) is 2.04. The van der Waals surface area contributed by atoms with Gasteiger partial charge < -0.3 is 9.47 Å². The predicted molar refractivity (Wildman–Crippen MR) is 84.4 cm³/mol. The van der Waals surface area contributed by atoms with Crippen LogP contribution in [0.3, 0.4) is 0 Å². The molecule has 0 saturated carbocycles. The molecule has 0 amide bonds. The number of halogens is 1. The number of methoxy groups -OCH3 is 2. The molecular weight excluding hydrogens is 340 g/mol. The topological polar surface area (TPSA) is 64.8 Å². The molecule has 0 aromatic heterocycles. The van der Waals surface area contributed by atoms with Gasteiger partial charge in [-0.1, -0.05) is 6.07 Å². The van der Waals surface area contributed by atoms with Crippen LogP contribution in [0.1, 0.15) is 12.5 Å². The summed E-state index contributed by atoms with van der Waals surface area (Å²) in [7, 11) is 3.32. The van der Waals surface area contributed by atoms with E-state index in [4.69, 9.17) is 9.47 Å². The van der Waals surface area contributed by atoms with Gasteiger partial charge in [-0.2, -0.15) is 0 Å². The minimum atomic E-state index is -0.383. The largest absolute Gasteiger partial charge is 0.383 e. The summed E-state index contributed by atoms with van der Waals surface area (Å²) in [6.45, 7) is 4.62. The van der Waals surface area contributed by atoms with Gasteiger partial charge in [0.25, 0.3) is 5.69 Å². The number of rotatable bonds is 9. The first kappa shape index (κ1) is 18.0. The highest BCUT2D eigenvalue weighted by Gasteiger charge is 2.17. The van der Waals surface area contributed by atoms with Crippen LogP contribution >= 0.6 is 15.9 Å². The Morgan fingerprint density at radius 2 is 2.10 bits per heavy atom. The van der Waals surface area contributed by atoms with Crippen LogP contribution in [0, 0.1) is 10.1 Å². The predicted octanol–water partition coefficient (Wildman–Crippen LogP) is 2.84. The zero-order chi connectivity index (χ0) is 15.8. The number of benzene rings is 1. The molecule has 0 N–H and O–H groups in total. The number of ether oxygens (including phenoxy) is 2. The number of hydrogen-bond acceptors (Lipinski definition) is 5. The molecule has 1 rings (SSSR count). The Hall–Kier alpha value is -1.02. The summed E-state index contributed by atoms with van der Waals surface area (Å²) >= 11 is 3.20. The quantitative estimate of drug-likeness (QED) is 0.500. The van der Waals surface area contributed by atoms with Gasteiger partial charge in [-0.3, -0.25) is 15.0 Å². The summed E-state index contributed by atoms with van der Waals surface area (Å²) in [5, 5.41) is 11.0. The zero-order valence-corrected chi connectivity index (χ0v) is 14.1. The van der Waals surface area contributed by atoms with Gasteiger partial charge in [0.1, 0.15) is 0 Å². The van der Waals surface area contributed by atoms with Gasteiger partial charge in [-0.05, 0) is 34.5 Å². The van der Waals surface area contributed by atoms with E-state index in [0.29, 0.717) is 24.2 Å². The van der Waals surface area contributed by atoms with Crippen molar-refractivity contribution in [3.63, 3.8) is 0 Å². The standard InChI is InChI=1S/C14H21BrN2O4/c1-11(10-21-3)16(6-7-20-2)9-12-4-5-13(15)14(8-12)17(18)19/h4-5,8,11H,6-7,9-10H2,1-3H3. The molecule has 0 aliphatic heterocycles. The van der Waals surface area contributed by atoms with Crippen molar-refractivity contribution in [2.45, 2.75) is 19.5 Å². The Morgan fingerprint density at radius 3 is 2.67 bits per heavy atom. The molecule has 0 bridgehead atoms. The molecule has 0 aliphatic carbocycles. The van der Waals surface area contributed by atoms with E-state index in [9.17, 15) is 10.1 Å². The Bertz CT molecular complexity index is 470. The van der Waals surface area contributed by atoms with Gasteiger partial charge in [0.05, 0.1) is 22.6 Å². The van der Waals surface area contributed by atoms with Gasteiger partial charge in [0.15, 0.2) is 0 Å². The van der Waals surface area contributed by atoms with Crippen molar-refractivity contribution in [3.8, 4) is 0 Å². The molecule has 0 aliphatic rings. The maximum atomic E-state index is 11.0. The van der Waals surface area contributed by atoms with Gasteiger partial charge in [0.2, 0.25) is 0 Å². The maximum absolute atomic E-state index is 11.0. The maximum Gasteiger partial charge on any atom is 0.283 e. The van der Waals surface area contributed by atoms with Gasteiger partial charge in [-0.15, -0.1) is 0 Å². The first-order chi connectivity index (χ1) is 9.99. The smallest absolute Gasteiger partial charge is 0.283 e. The molecule has 0 heterocycles. The first-order valence-corrected chi connectivity index (χ1v) is 7.43. The van der Waals surface area contributed by atoms with Crippen molar-refractivity contribution in [1.29, 1.82) is 0 Å². The second-order valence-electron chi connectivity index (χ2n) is 4.81. The molecule has 0 spiro atoms. The van der Waals surface area contributed by atoms with Crippen molar-refractivity contribution in [3.05, 3.63) is 38.3 Å². The first-order valence-electron chi connectivity index (χ1n) is 6.64. The van der Waals surface area contributed by atoms with Crippen molar-refractivity contribution >= 4 is 21.6 Å². The van der Waals surface area contributed by atoms with E-state index in [1.165, 1.54) is 0 Å². The van der Waals surface area contributed by atoms with Gasteiger partial charge >= 0.3 is 0 Å². The molecule has 1 unspecified atom stereocenters. The van der Waals surface area contributed by atoms with E-state index in [-0.39, 0.29) is 16.7 Å². The monoisotopic (exact) mass is 360 g/mol. The lowest BCUT2D eigenvalue weighted by molar-refractivity contribution is -0.385. The highest BCUT2D eigenvalue weighted by molar-refractivity contribution is 9.10. The normalized spacial score (nSPS) is 12.6. The summed E-state index contributed by atoms with van der Waals surface area (Å²) in [6.07, 6.45) is 0. The fraction of sp³-hybridized carbons (Fsp3) is 0.571. The third kappa shape index (κ3) is 5.70. The van der Waals surface area contributed by atoms with E-state index in [1.54, 1.807) is 26.4 Å². The van der Waals surface area contributed by atoms with Crippen molar-refractivity contribution < 1.29 is 14.4 Å². The second-order valence-corrected chi connectivity index (χ2v) is 5.66. The SMILES string of the molecule is COCCN(Cc1ccc(Br)c([N+](=O)[O-])c1)C(C)COC. The number of nitrogens with zero attached hydrogens (tertiary/aromatic N) is 2. The van der Waals surface area contributed by atoms with Gasteiger partial charge in [-0.25, -0.2) is 0 Å². The Labute approximate surface area is 133 Å². The molecule has 0 radical (unpaired) electrons. The molecule has 1 aromatic carbocycles. The average Bonchev–Trinajstić information content (AvgIpc) is 2.45. The van der Waals surface area contributed by atoms with Crippen LogP contribution < -0.4 is 0 Å². The van der Waals surface area contributed by atoms with Crippen LogP contribution in [0.4, 0.5) is 5.69 Å². The highest BCUT2D eigenvalue weighted by atomic mass is 79.9. The third-order valence-electron chi connectivity index (χ3n) is 3.21. The van der Waals surface area contributed by atoms with Crippen LogP contribution in [-0.4, -0.2) is 49.8 Å². The van der Waals surface area contributed by atoms with E-state index in [1.807, 2.05) is 6.07 Å². The molecule has 118 valence electrons. The van der Waals surface area contributed by atoms with Crippen molar-refractivity contribution in [2.75, 3.05) is 34.0 Å². The lowest BCUT2D eigenvalue weighted by atomic mass is 10.1. The van der Waals surface area contributed by atoms with E-state index >= 15 is 0 Å². The number of nitro benzene ring substituents is 1. The Morgan fingerprint density at radius 1 is 1.38 bits per heavy atom. The minimum Gasteiger partial charge on any atom is -0.383 e. The number of hydrogen-bond donors (Lipinski definition) is 0. The van der Waals surface area contributed by atoms with Crippen LogP contribution in [0.2, 0.25) is 0 Å². The van der Waals surface area contributed by atoms with Crippen molar-refractivity contribution in [1.82, 2.24) is 4.90 Å². The molecule has 0 saturated heterocycles. The van der Waals surface area contributed by atoms with Crippen LogP contribution in [0.15, 0.2) is 22.7 Å². The molecule has 6 nitrogen and oxygen atoms in total. The van der Waals surface area contributed by atoms with Crippen LogP contribution in [0.25, 0.3) is 0 Å².